The number of benzene rings is 1. The zero-order valence-corrected chi connectivity index (χ0v) is 14.4. The minimum Gasteiger partial charge on any atom is -0.442 e. The van der Waals surface area contributed by atoms with Gasteiger partial charge in [-0.2, -0.15) is 5.26 Å². The highest BCUT2D eigenvalue weighted by molar-refractivity contribution is 5.90. The van der Waals surface area contributed by atoms with Crippen LogP contribution in [0.15, 0.2) is 30.3 Å². The van der Waals surface area contributed by atoms with Crippen molar-refractivity contribution in [1.29, 1.82) is 5.26 Å². The number of anilines is 2. The van der Waals surface area contributed by atoms with E-state index in [0.29, 0.717) is 5.69 Å². The van der Waals surface area contributed by atoms with E-state index in [1.807, 2.05) is 6.07 Å². The molecule has 2 heterocycles. The molecule has 0 spiro atoms. The molecule has 0 saturated carbocycles. The van der Waals surface area contributed by atoms with Crippen molar-refractivity contribution in [1.82, 2.24) is 10.3 Å². The molecule has 9 heteroatoms. The number of cyclic esters (lactones) is 1. The number of amides is 2. The molecule has 0 bridgehead atoms. The average Bonchev–Trinajstić information content (AvgIpc) is 3.00. The van der Waals surface area contributed by atoms with Crippen molar-refractivity contribution in [3.8, 4) is 17.3 Å². The Morgan fingerprint density at radius 3 is 2.89 bits per heavy atom. The zero-order valence-electron chi connectivity index (χ0n) is 14.4. The lowest BCUT2D eigenvalue weighted by molar-refractivity contribution is -0.119. The lowest BCUT2D eigenvalue weighted by Gasteiger charge is -2.14. The highest BCUT2D eigenvalue weighted by atomic mass is 19.1. The first-order valence-electron chi connectivity index (χ1n) is 8.08. The Labute approximate surface area is 154 Å². The number of nitrogens with two attached hydrogens (primary N) is 1. The van der Waals surface area contributed by atoms with E-state index >= 15 is 0 Å². The van der Waals surface area contributed by atoms with Gasteiger partial charge in [0.05, 0.1) is 30.0 Å². The van der Waals surface area contributed by atoms with Crippen molar-refractivity contribution < 1.29 is 18.7 Å². The van der Waals surface area contributed by atoms with Gasteiger partial charge in [-0.1, -0.05) is 0 Å². The van der Waals surface area contributed by atoms with Crippen molar-refractivity contribution in [3.05, 3.63) is 41.7 Å². The van der Waals surface area contributed by atoms with Gasteiger partial charge >= 0.3 is 6.09 Å². The predicted molar refractivity (Wildman–Crippen MR) is 95.1 cm³/mol. The Hall–Kier alpha value is -3.67. The van der Waals surface area contributed by atoms with Crippen molar-refractivity contribution in [3.63, 3.8) is 0 Å². The summed E-state index contributed by atoms with van der Waals surface area (Å²) in [5.41, 5.74) is 6.69. The molecule has 2 aromatic rings. The molecule has 1 fully saturated rings. The Kier molecular flexibility index (Phi) is 4.90. The summed E-state index contributed by atoms with van der Waals surface area (Å²) in [4.78, 5) is 28.3. The standard InChI is InChI=1S/C18H16FN5O3/c1-10(25)22-8-13-9-24(18(26)27-13)12-3-4-14(15(19)6-12)16-5-2-11(7-20)17(21)23-16/h2-6,13H,8-9H2,1H3,(H2,21,23)(H,22,25). The fourth-order valence-electron chi connectivity index (χ4n) is 2.70. The number of hydrogen-bond donors (Lipinski definition) is 2. The molecule has 3 rings (SSSR count). The van der Waals surface area contributed by atoms with Crippen LogP contribution in [0.4, 0.5) is 20.7 Å². The smallest absolute Gasteiger partial charge is 0.414 e. The average molecular weight is 369 g/mol. The number of halogens is 1. The first-order valence-corrected chi connectivity index (χ1v) is 8.08. The molecule has 3 N–H and O–H groups in total. The second-order valence-electron chi connectivity index (χ2n) is 5.96. The number of carbonyl (C=O) groups is 2. The molecule has 1 unspecified atom stereocenters. The van der Waals surface area contributed by atoms with E-state index in [0.717, 1.165) is 0 Å². The summed E-state index contributed by atoms with van der Waals surface area (Å²) in [5, 5.41) is 11.5. The van der Waals surface area contributed by atoms with Crippen LogP contribution in [0.3, 0.4) is 0 Å². The highest BCUT2D eigenvalue weighted by Gasteiger charge is 2.32. The van der Waals surface area contributed by atoms with E-state index in [1.54, 1.807) is 6.07 Å². The first kappa shape index (κ1) is 18.1. The van der Waals surface area contributed by atoms with E-state index < -0.39 is 18.0 Å². The molecule has 138 valence electrons. The summed E-state index contributed by atoms with van der Waals surface area (Å²) < 4.78 is 19.8. The van der Waals surface area contributed by atoms with Crippen LogP contribution in [0, 0.1) is 17.1 Å². The normalized spacial score (nSPS) is 16.0. The van der Waals surface area contributed by atoms with Crippen molar-refractivity contribution >= 4 is 23.5 Å². The number of pyridine rings is 1. The van der Waals surface area contributed by atoms with E-state index in [2.05, 4.69) is 10.3 Å². The molecule has 1 saturated heterocycles. The molecule has 0 radical (unpaired) electrons. The van der Waals surface area contributed by atoms with Gasteiger partial charge in [0.2, 0.25) is 5.91 Å². The molecule has 0 aliphatic carbocycles. The maximum atomic E-state index is 14.6. The Morgan fingerprint density at radius 2 is 2.26 bits per heavy atom. The van der Waals surface area contributed by atoms with Crippen LogP contribution in [0.1, 0.15) is 12.5 Å². The zero-order chi connectivity index (χ0) is 19.6. The quantitative estimate of drug-likeness (QED) is 0.848. The largest absolute Gasteiger partial charge is 0.442 e. The molecule has 1 aromatic carbocycles. The SMILES string of the molecule is CC(=O)NCC1CN(c2ccc(-c3ccc(C#N)c(N)n3)c(F)c2)C(=O)O1. The number of rotatable bonds is 4. The Balaban J connectivity index is 1.81. The molecule has 1 aliphatic heterocycles. The van der Waals surface area contributed by atoms with Crippen LogP contribution in [-0.2, 0) is 9.53 Å². The summed E-state index contributed by atoms with van der Waals surface area (Å²) in [6.07, 6.45) is -1.12. The van der Waals surface area contributed by atoms with Crippen molar-refractivity contribution in [2.75, 3.05) is 23.7 Å². The van der Waals surface area contributed by atoms with E-state index in [9.17, 15) is 14.0 Å². The predicted octanol–water partition coefficient (Wildman–Crippen LogP) is 1.80. The fourth-order valence-corrected chi connectivity index (χ4v) is 2.70. The minimum absolute atomic E-state index is 0.0161. The fraction of sp³-hybridized carbons (Fsp3) is 0.222. The number of hydrogen-bond acceptors (Lipinski definition) is 6. The third-order valence-electron chi connectivity index (χ3n) is 4.04. The molecule has 8 nitrogen and oxygen atoms in total. The summed E-state index contributed by atoms with van der Waals surface area (Å²) in [6, 6.07) is 9.11. The summed E-state index contributed by atoms with van der Waals surface area (Å²) in [7, 11) is 0. The first-order chi connectivity index (χ1) is 12.9. The molecule has 1 atom stereocenters. The molecule has 1 aromatic heterocycles. The van der Waals surface area contributed by atoms with Crippen LogP contribution in [0.25, 0.3) is 11.3 Å². The highest BCUT2D eigenvalue weighted by Crippen LogP contribution is 2.29. The molecule has 1 aliphatic rings. The van der Waals surface area contributed by atoms with Gasteiger partial charge in [0.15, 0.2) is 0 Å². The summed E-state index contributed by atoms with van der Waals surface area (Å²) in [5.74, 6) is -0.807. The van der Waals surface area contributed by atoms with Crippen LogP contribution < -0.4 is 16.0 Å². The maximum absolute atomic E-state index is 14.6. The maximum Gasteiger partial charge on any atom is 0.414 e. The van der Waals surface area contributed by atoms with Gasteiger partial charge in [-0.15, -0.1) is 0 Å². The van der Waals surface area contributed by atoms with E-state index in [4.69, 9.17) is 15.7 Å². The molecule has 2 amide bonds. The van der Waals surface area contributed by atoms with Crippen molar-refractivity contribution in [2.24, 2.45) is 0 Å². The topological polar surface area (TPSA) is 121 Å². The second kappa shape index (κ2) is 7.29. The van der Waals surface area contributed by atoms with Crippen LogP contribution in [0.5, 0.6) is 0 Å². The number of nitrogen functional groups attached to an aromatic ring is 1. The summed E-state index contributed by atoms with van der Waals surface area (Å²) in [6.45, 7) is 1.75. The Morgan fingerprint density at radius 1 is 1.48 bits per heavy atom. The van der Waals surface area contributed by atoms with E-state index in [-0.39, 0.29) is 41.6 Å². The van der Waals surface area contributed by atoms with Crippen LogP contribution in [0.2, 0.25) is 0 Å². The number of ether oxygens (including phenoxy) is 1. The number of nitriles is 1. The lowest BCUT2D eigenvalue weighted by atomic mass is 10.1. The van der Waals surface area contributed by atoms with E-state index in [1.165, 1.54) is 36.1 Å². The summed E-state index contributed by atoms with van der Waals surface area (Å²) >= 11 is 0. The van der Waals surface area contributed by atoms with Gasteiger partial charge in [0.25, 0.3) is 0 Å². The molecular formula is C18H16FN5O3. The van der Waals surface area contributed by atoms with Crippen LogP contribution in [-0.4, -0.2) is 36.2 Å². The molecule has 27 heavy (non-hydrogen) atoms. The second-order valence-corrected chi connectivity index (χ2v) is 5.96. The van der Waals surface area contributed by atoms with Gasteiger partial charge in [-0.25, -0.2) is 14.2 Å². The van der Waals surface area contributed by atoms with Gasteiger partial charge in [-0.3, -0.25) is 9.69 Å². The van der Waals surface area contributed by atoms with Gasteiger partial charge in [-0.05, 0) is 30.3 Å². The monoisotopic (exact) mass is 369 g/mol. The Bertz CT molecular complexity index is 956. The van der Waals surface area contributed by atoms with Crippen molar-refractivity contribution in [2.45, 2.75) is 13.0 Å². The van der Waals surface area contributed by atoms with Gasteiger partial charge in [0.1, 0.15) is 23.8 Å². The number of aromatic nitrogens is 1. The number of nitrogens with zero attached hydrogens (tertiary/aromatic N) is 3. The lowest BCUT2D eigenvalue weighted by Crippen LogP contribution is -2.33. The number of carbonyl (C=O) groups excluding carboxylic acids is 2. The van der Waals surface area contributed by atoms with Gasteiger partial charge < -0.3 is 15.8 Å². The third-order valence-corrected chi connectivity index (χ3v) is 4.04. The minimum atomic E-state index is -0.613. The van der Waals surface area contributed by atoms with Crippen LogP contribution >= 0.6 is 0 Å². The third kappa shape index (κ3) is 3.79. The van der Waals surface area contributed by atoms with Gasteiger partial charge in [0, 0.05) is 12.5 Å². The number of nitrogens with one attached hydrogen (secondary N) is 1. The molecular weight excluding hydrogens is 353 g/mol.